The maximum Gasteiger partial charge on any atom is 0.315 e. The first-order valence-electron chi connectivity index (χ1n) is 6.36. The molecular formula is C16H14O4. The highest BCUT2D eigenvalue weighted by molar-refractivity contribution is 5.75. The zero-order valence-corrected chi connectivity index (χ0v) is 11.1. The van der Waals surface area contributed by atoms with Crippen molar-refractivity contribution >= 4 is 5.97 Å². The Hall–Kier alpha value is -2.49. The predicted octanol–water partition coefficient (Wildman–Crippen LogP) is 2.87. The van der Waals surface area contributed by atoms with Gasteiger partial charge in [-0.25, -0.2) is 0 Å². The van der Waals surface area contributed by atoms with Crippen molar-refractivity contribution in [3.8, 4) is 17.2 Å². The number of aryl methyl sites for hydroxylation is 1. The maximum atomic E-state index is 11.9. The summed E-state index contributed by atoms with van der Waals surface area (Å²) < 4.78 is 15.8. The lowest BCUT2D eigenvalue weighted by molar-refractivity contribution is -0.133. The monoisotopic (exact) mass is 270 g/mol. The van der Waals surface area contributed by atoms with E-state index >= 15 is 0 Å². The van der Waals surface area contributed by atoms with Crippen LogP contribution in [0.15, 0.2) is 42.5 Å². The molecule has 2 aromatic rings. The normalized spacial score (nSPS) is 12.2. The van der Waals surface area contributed by atoms with Crippen LogP contribution in [-0.2, 0) is 11.2 Å². The molecule has 0 amide bonds. The second kappa shape index (κ2) is 5.25. The fraction of sp³-hybridized carbons (Fsp3) is 0.188. The average Bonchev–Trinajstić information content (AvgIpc) is 2.86. The van der Waals surface area contributed by atoms with Crippen LogP contribution in [-0.4, -0.2) is 12.8 Å². The Morgan fingerprint density at radius 1 is 1.15 bits per heavy atom. The van der Waals surface area contributed by atoms with Crippen molar-refractivity contribution in [3.63, 3.8) is 0 Å². The number of carbonyl (C=O) groups excluding carboxylic acids is 1. The molecule has 0 saturated heterocycles. The summed E-state index contributed by atoms with van der Waals surface area (Å²) in [4.78, 5) is 11.9. The van der Waals surface area contributed by atoms with Crippen LogP contribution in [0, 0.1) is 6.92 Å². The second-order valence-electron chi connectivity index (χ2n) is 4.65. The molecule has 4 nitrogen and oxygen atoms in total. The molecule has 0 unspecified atom stereocenters. The van der Waals surface area contributed by atoms with Crippen molar-refractivity contribution < 1.29 is 19.0 Å². The third-order valence-electron chi connectivity index (χ3n) is 3.01. The Labute approximate surface area is 116 Å². The fourth-order valence-corrected chi connectivity index (χ4v) is 2.06. The molecule has 0 saturated carbocycles. The molecule has 1 heterocycles. The van der Waals surface area contributed by atoms with Gasteiger partial charge in [0.15, 0.2) is 11.5 Å². The predicted molar refractivity (Wildman–Crippen MR) is 73.1 cm³/mol. The van der Waals surface area contributed by atoms with Crippen molar-refractivity contribution in [1.29, 1.82) is 0 Å². The largest absolute Gasteiger partial charge is 0.454 e. The summed E-state index contributed by atoms with van der Waals surface area (Å²) in [6.07, 6.45) is 0.199. The molecule has 0 fully saturated rings. The quantitative estimate of drug-likeness (QED) is 0.635. The molecule has 4 heteroatoms. The molecule has 20 heavy (non-hydrogen) atoms. The standard InChI is InChI=1S/C16H14O4/c1-11-3-2-4-13(7-11)20-16(17)9-12-5-6-14-15(8-12)19-10-18-14/h2-8H,9-10H2,1H3. The molecule has 0 N–H and O–H groups in total. The molecule has 2 aromatic carbocycles. The summed E-state index contributed by atoms with van der Waals surface area (Å²) in [5.41, 5.74) is 1.89. The minimum atomic E-state index is -0.297. The molecule has 102 valence electrons. The number of benzene rings is 2. The topological polar surface area (TPSA) is 44.8 Å². The molecule has 0 aliphatic carbocycles. The minimum absolute atomic E-state index is 0.199. The van der Waals surface area contributed by atoms with Crippen LogP contribution < -0.4 is 14.2 Å². The molecule has 1 aliphatic rings. The van der Waals surface area contributed by atoms with Crippen LogP contribution in [0.4, 0.5) is 0 Å². The molecule has 0 aromatic heterocycles. The van der Waals surface area contributed by atoms with E-state index in [0.29, 0.717) is 17.2 Å². The lowest BCUT2D eigenvalue weighted by Crippen LogP contribution is -2.11. The lowest BCUT2D eigenvalue weighted by atomic mass is 10.1. The van der Waals surface area contributed by atoms with Gasteiger partial charge in [-0.3, -0.25) is 4.79 Å². The van der Waals surface area contributed by atoms with Crippen molar-refractivity contribution in [2.24, 2.45) is 0 Å². The van der Waals surface area contributed by atoms with E-state index < -0.39 is 0 Å². The minimum Gasteiger partial charge on any atom is -0.454 e. The number of fused-ring (bicyclic) bond motifs is 1. The number of rotatable bonds is 3. The van der Waals surface area contributed by atoms with Gasteiger partial charge in [0.25, 0.3) is 0 Å². The van der Waals surface area contributed by atoms with E-state index in [2.05, 4.69) is 0 Å². The van der Waals surface area contributed by atoms with Crippen LogP contribution >= 0.6 is 0 Å². The van der Waals surface area contributed by atoms with Crippen molar-refractivity contribution in [3.05, 3.63) is 53.6 Å². The van der Waals surface area contributed by atoms with Crippen LogP contribution in [0.3, 0.4) is 0 Å². The summed E-state index contributed by atoms with van der Waals surface area (Å²) in [6.45, 7) is 2.18. The molecule has 3 rings (SSSR count). The number of carbonyl (C=O) groups is 1. The maximum absolute atomic E-state index is 11.9. The highest BCUT2D eigenvalue weighted by Gasteiger charge is 2.15. The highest BCUT2D eigenvalue weighted by Crippen LogP contribution is 2.32. The lowest BCUT2D eigenvalue weighted by Gasteiger charge is -2.05. The summed E-state index contributed by atoms with van der Waals surface area (Å²) in [5.74, 6) is 1.65. The average molecular weight is 270 g/mol. The van der Waals surface area contributed by atoms with E-state index in [-0.39, 0.29) is 19.2 Å². The number of hydrogen-bond donors (Lipinski definition) is 0. The molecular weight excluding hydrogens is 256 g/mol. The Balaban J connectivity index is 1.67. The zero-order valence-electron chi connectivity index (χ0n) is 11.1. The Morgan fingerprint density at radius 2 is 2.00 bits per heavy atom. The van der Waals surface area contributed by atoms with Crippen LogP contribution in [0.25, 0.3) is 0 Å². The van der Waals surface area contributed by atoms with E-state index in [1.165, 1.54) is 0 Å². The van der Waals surface area contributed by atoms with Gasteiger partial charge in [-0.1, -0.05) is 18.2 Å². The molecule has 1 aliphatic heterocycles. The van der Waals surface area contributed by atoms with Gasteiger partial charge in [-0.05, 0) is 42.3 Å². The number of esters is 1. The molecule has 0 spiro atoms. The SMILES string of the molecule is Cc1cccc(OC(=O)Cc2ccc3c(c2)OCO3)c1. The van der Waals surface area contributed by atoms with Crippen molar-refractivity contribution in [2.45, 2.75) is 13.3 Å². The molecule has 0 radical (unpaired) electrons. The Morgan fingerprint density at radius 3 is 2.85 bits per heavy atom. The van der Waals surface area contributed by atoms with E-state index in [0.717, 1.165) is 11.1 Å². The Bertz CT molecular complexity index is 649. The van der Waals surface area contributed by atoms with E-state index in [1.807, 2.05) is 31.2 Å². The van der Waals surface area contributed by atoms with Gasteiger partial charge < -0.3 is 14.2 Å². The van der Waals surface area contributed by atoms with Crippen LogP contribution in [0.2, 0.25) is 0 Å². The number of ether oxygens (including phenoxy) is 3. The smallest absolute Gasteiger partial charge is 0.315 e. The van der Waals surface area contributed by atoms with Crippen molar-refractivity contribution in [2.75, 3.05) is 6.79 Å². The van der Waals surface area contributed by atoms with Gasteiger partial charge >= 0.3 is 5.97 Å². The van der Waals surface area contributed by atoms with Crippen LogP contribution in [0.5, 0.6) is 17.2 Å². The Kier molecular flexibility index (Phi) is 3.29. The summed E-state index contributed by atoms with van der Waals surface area (Å²) in [7, 11) is 0. The highest BCUT2D eigenvalue weighted by atomic mass is 16.7. The van der Waals surface area contributed by atoms with E-state index in [9.17, 15) is 4.79 Å². The van der Waals surface area contributed by atoms with Crippen molar-refractivity contribution in [1.82, 2.24) is 0 Å². The van der Waals surface area contributed by atoms with Gasteiger partial charge in [0.1, 0.15) is 5.75 Å². The van der Waals surface area contributed by atoms with E-state index in [4.69, 9.17) is 14.2 Å². The summed E-state index contributed by atoms with van der Waals surface area (Å²) in [5, 5.41) is 0. The fourth-order valence-electron chi connectivity index (χ4n) is 2.06. The summed E-state index contributed by atoms with van der Waals surface area (Å²) in [6, 6.07) is 12.9. The third kappa shape index (κ3) is 2.74. The first kappa shape index (κ1) is 12.5. The molecule has 0 bridgehead atoms. The van der Waals surface area contributed by atoms with Gasteiger partial charge in [-0.2, -0.15) is 0 Å². The van der Waals surface area contributed by atoms with Gasteiger partial charge in [0, 0.05) is 0 Å². The molecule has 0 atom stereocenters. The first-order valence-corrected chi connectivity index (χ1v) is 6.36. The number of hydrogen-bond acceptors (Lipinski definition) is 4. The van der Waals surface area contributed by atoms with Gasteiger partial charge in [-0.15, -0.1) is 0 Å². The first-order chi connectivity index (χ1) is 9.70. The van der Waals surface area contributed by atoms with Gasteiger partial charge in [0.05, 0.1) is 6.42 Å². The van der Waals surface area contributed by atoms with Crippen LogP contribution in [0.1, 0.15) is 11.1 Å². The second-order valence-corrected chi connectivity index (χ2v) is 4.65. The third-order valence-corrected chi connectivity index (χ3v) is 3.01. The summed E-state index contributed by atoms with van der Waals surface area (Å²) >= 11 is 0. The zero-order chi connectivity index (χ0) is 13.9. The van der Waals surface area contributed by atoms with E-state index in [1.54, 1.807) is 18.2 Å². The van der Waals surface area contributed by atoms with Gasteiger partial charge in [0.2, 0.25) is 6.79 Å².